The molecule has 1 atom stereocenters. The number of aryl methyl sites for hydroxylation is 1. The summed E-state index contributed by atoms with van der Waals surface area (Å²) >= 11 is 0. The van der Waals surface area contributed by atoms with Gasteiger partial charge in [-0.3, -0.25) is 9.69 Å². The smallest absolute Gasteiger partial charge is 0.224 e. The number of nitrogens with zero attached hydrogens (tertiary/aromatic N) is 4. The molecule has 1 aliphatic heterocycles. The largest absolute Gasteiger partial charge is 0.481 e. The summed E-state index contributed by atoms with van der Waals surface area (Å²) in [6.45, 7) is 9.15. The van der Waals surface area contributed by atoms with Crippen LogP contribution in [0.4, 0.5) is 0 Å². The Bertz CT molecular complexity index is 835. The summed E-state index contributed by atoms with van der Waals surface area (Å²) < 4.78 is 5.51. The summed E-state index contributed by atoms with van der Waals surface area (Å²) in [5.41, 5.74) is 2.43. The second-order valence-electron chi connectivity index (χ2n) is 7.94. The molecule has 0 saturated carbocycles. The molecule has 1 N–H and O–H groups in total. The van der Waals surface area contributed by atoms with Gasteiger partial charge in [0, 0.05) is 55.6 Å². The molecule has 1 aliphatic rings. The summed E-state index contributed by atoms with van der Waals surface area (Å²) in [6.07, 6.45) is 1.11. The van der Waals surface area contributed by atoms with E-state index in [0.29, 0.717) is 11.7 Å². The molecule has 2 aromatic rings. The monoisotopic (exact) mass is 411 g/mol. The minimum Gasteiger partial charge on any atom is -0.481 e. The quantitative estimate of drug-likeness (QED) is 0.718. The van der Waals surface area contributed by atoms with Crippen LogP contribution in [0.25, 0.3) is 11.4 Å². The van der Waals surface area contributed by atoms with Crippen molar-refractivity contribution in [3.63, 3.8) is 0 Å². The Morgan fingerprint density at radius 1 is 1.17 bits per heavy atom. The van der Waals surface area contributed by atoms with Crippen molar-refractivity contribution in [3.05, 3.63) is 41.6 Å². The maximum Gasteiger partial charge on any atom is 0.224 e. The van der Waals surface area contributed by atoms with Crippen LogP contribution < -0.4 is 10.1 Å². The second kappa shape index (κ2) is 10.5. The number of hydrogen-bond donors (Lipinski definition) is 1. The number of methoxy groups -OCH3 is 1. The average molecular weight is 412 g/mol. The number of ether oxygens (including phenoxy) is 1. The zero-order chi connectivity index (χ0) is 21.5. The lowest BCUT2D eigenvalue weighted by Crippen LogP contribution is -2.50. The van der Waals surface area contributed by atoms with E-state index in [2.05, 4.69) is 39.1 Å². The SMILES string of the molecule is CC[C@H](CN1CCN(C)CC1)NC(=O)Cc1c(C)nc(-c2ccccc2)nc1OC. The van der Waals surface area contributed by atoms with Gasteiger partial charge in [0.1, 0.15) is 0 Å². The number of carbonyl (C=O) groups excluding carboxylic acids is 1. The summed E-state index contributed by atoms with van der Waals surface area (Å²) in [5.74, 6) is 1.05. The molecule has 0 radical (unpaired) electrons. The maximum absolute atomic E-state index is 12.8. The van der Waals surface area contributed by atoms with E-state index in [0.717, 1.165) is 56.0 Å². The summed E-state index contributed by atoms with van der Waals surface area (Å²) in [6, 6.07) is 9.92. The molecule has 1 fully saturated rings. The van der Waals surface area contributed by atoms with E-state index >= 15 is 0 Å². The highest BCUT2D eigenvalue weighted by atomic mass is 16.5. The van der Waals surface area contributed by atoms with Gasteiger partial charge in [0.15, 0.2) is 5.82 Å². The van der Waals surface area contributed by atoms with Gasteiger partial charge in [-0.2, -0.15) is 4.98 Å². The van der Waals surface area contributed by atoms with Gasteiger partial charge in [0.05, 0.1) is 13.5 Å². The molecule has 30 heavy (non-hydrogen) atoms. The first kappa shape index (κ1) is 22.2. The van der Waals surface area contributed by atoms with Crippen molar-refractivity contribution in [2.45, 2.75) is 32.7 Å². The van der Waals surface area contributed by atoms with Crippen molar-refractivity contribution >= 4 is 5.91 Å². The van der Waals surface area contributed by atoms with Crippen LogP contribution in [0, 0.1) is 6.92 Å². The number of nitrogens with one attached hydrogen (secondary N) is 1. The normalized spacial score (nSPS) is 16.3. The van der Waals surface area contributed by atoms with E-state index in [9.17, 15) is 4.79 Å². The molecule has 2 heterocycles. The lowest BCUT2D eigenvalue weighted by molar-refractivity contribution is -0.121. The fourth-order valence-electron chi connectivity index (χ4n) is 3.72. The lowest BCUT2D eigenvalue weighted by Gasteiger charge is -2.34. The van der Waals surface area contributed by atoms with Gasteiger partial charge in [-0.15, -0.1) is 0 Å². The molecule has 3 rings (SSSR count). The van der Waals surface area contributed by atoms with Crippen molar-refractivity contribution in [1.29, 1.82) is 0 Å². The van der Waals surface area contributed by atoms with E-state index in [1.54, 1.807) is 7.11 Å². The Kier molecular flexibility index (Phi) is 7.76. The number of amides is 1. The minimum absolute atomic E-state index is 0.0200. The number of piperazine rings is 1. The standard InChI is InChI=1S/C23H33N5O2/c1-5-19(16-28-13-11-27(3)12-14-28)25-21(29)15-20-17(2)24-22(26-23(20)30-4)18-9-7-6-8-10-18/h6-10,19H,5,11-16H2,1-4H3,(H,25,29)/t19-/m1/s1. The predicted octanol–water partition coefficient (Wildman–Crippen LogP) is 2.15. The molecule has 1 saturated heterocycles. The third-order valence-electron chi connectivity index (χ3n) is 5.67. The first-order valence-corrected chi connectivity index (χ1v) is 10.7. The molecule has 7 nitrogen and oxygen atoms in total. The minimum atomic E-state index is -0.0200. The molecule has 162 valence electrons. The zero-order valence-corrected chi connectivity index (χ0v) is 18.5. The second-order valence-corrected chi connectivity index (χ2v) is 7.94. The van der Waals surface area contributed by atoms with Gasteiger partial charge in [-0.25, -0.2) is 4.98 Å². The summed E-state index contributed by atoms with van der Waals surface area (Å²) in [4.78, 5) is 26.7. The summed E-state index contributed by atoms with van der Waals surface area (Å²) in [7, 11) is 3.73. The molecule has 1 amide bonds. The van der Waals surface area contributed by atoms with Crippen molar-refractivity contribution in [2.24, 2.45) is 0 Å². The van der Waals surface area contributed by atoms with Gasteiger partial charge in [0.25, 0.3) is 0 Å². The van der Waals surface area contributed by atoms with E-state index < -0.39 is 0 Å². The molecule has 0 bridgehead atoms. The van der Waals surface area contributed by atoms with Crippen LogP contribution in [-0.2, 0) is 11.2 Å². The van der Waals surface area contributed by atoms with Gasteiger partial charge in [0.2, 0.25) is 11.8 Å². The average Bonchev–Trinajstić information content (AvgIpc) is 2.76. The van der Waals surface area contributed by atoms with Crippen molar-refractivity contribution in [2.75, 3.05) is 46.9 Å². The number of carbonyl (C=O) groups is 1. The first-order chi connectivity index (χ1) is 14.5. The molecular formula is C23H33N5O2. The van der Waals surface area contributed by atoms with E-state index in [4.69, 9.17) is 4.74 Å². The van der Waals surface area contributed by atoms with Crippen LogP contribution in [-0.4, -0.2) is 78.6 Å². The highest BCUT2D eigenvalue weighted by Gasteiger charge is 2.21. The highest BCUT2D eigenvalue weighted by Crippen LogP contribution is 2.24. The Balaban J connectivity index is 1.66. The van der Waals surface area contributed by atoms with E-state index in [1.807, 2.05) is 37.3 Å². The van der Waals surface area contributed by atoms with Gasteiger partial charge >= 0.3 is 0 Å². The Hall–Kier alpha value is -2.51. The molecule has 0 spiro atoms. The third kappa shape index (κ3) is 5.77. The molecular weight excluding hydrogens is 378 g/mol. The zero-order valence-electron chi connectivity index (χ0n) is 18.5. The molecule has 1 aromatic heterocycles. The van der Waals surface area contributed by atoms with Crippen LogP contribution in [0.1, 0.15) is 24.6 Å². The predicted molar refractivity (Wildman–Crippen MR) is 119 cm³/mol. The number of hydrogen-bond acceptors (Lipinski definition) is 6. The van der Waals surface area contributed by atoms with Crippen molar-refractivity contribution in [3.8, 4) is 17.3 Å². The Morgan fingerprint density at radius 3 is 2.50 bits per heavy atom. The van der Waals surface area contributed by atoms with E-state index in [-0.39, 0.29) is 18.4 Å². The number of aromatic nitrogens is 2. The van der Waals surface area contributed by atoms with Gasteiger partial charge in [-0.1, -0.05) is 37.3 Å². The van der Waals surface area contributed by atoms with Crippen LogP contribution in [0.15, 0.2) is 30.3 Å². The van der Waals surface area contributed by atoms with Gasteiger partial charge in [-0.05, 0) is 20.4 Å². The maximum atomic E-state index is 12.8. The number of rotatable bonds is 8. The van der Waals surface area contributed by atoms with Crippen LogP contribution in [0.2, 0.25) is 0 Å². The van der Waals surface area contributed by atoms with Crippen LogP contribution in [0.3, 0.4) is 0 Å². The van der Waals surface area contributed by atoms with Crippen LogP contribution in [0.5, 0.6) is 5.88 Å². The number of likely N-dealkylation sites (N-methyl/N-ethyl adjacent to an activating group) is 1. The Morgan fingerprint density at radius 2 is 1.87 bits per heavy atom. The highest BCUT2D eigenvalue weighted by molar-refractivity contribution is 5.80. The topological polar surface area (TPSA) is 70.6 Å². The van der Waals surface area contributed by atoms with Crippen LogP contribution >= 0.6 is 0 Å². The van der Waals surface area contributed by atoms with Crippen molar-refractivity contribution in [1.82, 2.24) is 25.1 Å². The Labute approximate surface area is 179 Å². The molecule has 0 unspecified atom stereocenters. The van der Waals surface area contributed by atoms with Gasteiger partial charge < -0.3 is 15.0 Å². The first-order valence-electron chi connectivity index (χ1n) is 10.7. The number of benzene rings is 1. The molecule has 7 heteroatoms. The van der Waals surface area contributed by atoms with Crippen molar-refractivity contribution < 1.29 is 9.53 Å². The fourth-order valence-corrected chi connectivity index (χ4v) is 3.72. The third-order valence-corrected chi connectivity index (χ3v) is 5.67. The fraction of sp³-hybridized carbons (Fsp3) is 0.522. The summed E-state index contributed by atoms with van der Waals surface area (Å²) in [5, 5.41) is 3.19. The lowest BCUT2D eigenvalue weighted by atomic mass is 10.1. The molecule has 1 aromatic carbocycles. The molecule has 0 aliphatic carbocycles. The van der Waals surface area contributed by atoms with E-state index in [1.165, 1.54) is 0 Å².